The molecule has 12 atom stereocenters. The van der Waals surface area contributed by atoms with E-state index in [0.29, 0.717) is 19.3 Å². The fourth-order valence-electron chi connectivity index (χ4n) is 17.2. The SMILES string of the molecule is CCO[C@@H]1C[C@H]2C(=O)NC3(CC(C)(C)C3)C(=O)N(C)[C@@H](CC(C)(C)C)C(=O)N(C)[C@H](C(=O)N(C)C)CC(=O)N(C)[C@@H](COC)C(=O)N[C@@H]([C@@H](C)CC)C(=O)N(C3CC3)CC(=O)N(C)[C@H]3C/C=C\CCN(C3=O)[C@@H](CC3CCC(C(F)(F)F)CC3)C(=O)N(C)CC(=O)N[C@@H](CCC3CC(F)C(C(F)(F)F)C(F)C3)C(=O)N2C1. The summed E-state index contributed by atoms with van der Waals surface area (Å²) in [6, 6.07) is -12.4. The zero-order valence-corrected chi connectivity index (χ0v) is 67.4. The van der Waals surface area contributed by atoms with Gasteiger partial charge in [0.25, 0.3) is 0 Å². The van der Waals surface area contributed by atoms with Gasteiger partial charge in [0.15, 0.2) is 0 Å². The predicted octanol–water partition coefficient (Wildman–Crippen LogP) is 6.37. The molecule has 1 spiro atoms. The summed E-state index contributed by atoms with van der Waals surface area (Å²) < 4.78 is 127. The first-order valence-electron chi connectivity index (χ1n) is 39.1. The number of hydrogen-bond donors (Lipinski definition) is 3. The zero-order valence-electron chi connectivity index (χ0n) is 67.4. The van der Waals surface area contributed by atoms with Crippen molar-refractivity contribution in [1.29, 1.82) is 0 Å². The minimum atomic E-state index is -5.23. The molecular formula is C77H120F8N12O14. The molecule has 3 N–H and O–H groups in total. The number of nitrogens with zero attached hydrogens (tertiary/aromatic N) is 9. The monoisotopic (exact) mass is 1590 g/mol. The molecule has 111 heavy (non-hydrogen) atoms. The Bertz CT molecular complexity index is 3360. The van der Waals surface area contributed by atoms with Crippen molar-refractivity contribution in [1.82, 2.24) is 60.0 Å². The van der Waals surface area contributed by atoms with Crippen molar-refractivity contribution in [2.24, 2.45) is 40.4 Å². The minimum absolute atomic E-state index is 0.0107. The van der Waals surface area contributed by atoms with Crippen LogP contribution in [0.4, 0.5) is 35.1 Å². The highest BCUT2D eigenvalue weighted by Gasteiger charge is 2.60. The highest BCUT2D eigenvalue weighted by atomic mass is 19.4. The number of methoxy groups -OCH3 is 1. The molecule has 628 valence electrons. The molecule has 0 aromatic carbocycles. The van der Waals surface area contributed by atoms with Gasteiger partial charge in [-0.3, -0.25) is 57.5 Å². The van der Waals surface area contributed by atoms with Gasteiger partial charge in [-0.15, -0.1) is 0 Å². The first-order chi connectivity index (χ1) is 51.6. The summed E-state index contributed by atoms with van der Waals surface area (Å²) in [5.74, 6) is -16.8. The minimum Gasteiger partial charge on any atom is -0.382 e. The van der Waals surface area contributed by atoms with Gasteiger partial charge in [-0.05, 0) is 138 Å². The summed E-state index contributed by atoms with van der Waals surface area (Å²) >= 11 is 0. The predicted molar refractivity (Wildman–Crippen MR) is 392 cm³/mol. The third-order valence-corrected chi connectivity index (χ3v) is 23.8. The van der Waals surface area contributed by atoms with Crippen molar-refractivity contribution in [3.05, 3.63) is 12.2 Å². The molecule has 4 aliphatic carbocycles. The molecule has 2 unspecified atom stereocenters. The smallest absolute Gasteiger partial charge is 0.382 e. The largest absolute Gasteiger partial charge is 0.397 e. The summed E-state index contributed by atoms with van der Waals surface area (Å²) in [4.78, 5) is 193. The van der Waals surface area contributed by atoms with Gasteiger partial charge < -0.3 is 69.5 Å². The standard InChI is InChI=1S/C77H120F8N12O14/c1-17-44(3)63-71(108)96(48-28-29-48)40-61(100)91(12)53-22-20-19-21-31-95(70(53)107)56(34-45-23-26-47(27-24-45)76(80,81)82)68(105)90(11)39-59(98)86-52(30-25-46-32-50(78)62(51(79)33-46)77(83,84)85)66(103)97-38-49(111-18-2)35-54(97)65(102)88-75(42-74(7,8)43-75)72(109)94(15)57(37-73(4,5)6)69(106)93(14)55(67(104)89(9)10)36-60(99)92(13)58(41-110-16)64(101)87-63/h19-20,44-58,62-63H,17-18,21-43H2,1-16H3,(H,86,98)(H,87,101)(H,88,102)/b20-19-/t44-,45?,46?,47?,49+,50?,51?,52-,53-,54-,55-,56-,57-,58-,62?,63-/m0/s1. The first-order valence-corrected chi connectivity index (χ1v) is 39.1. The lowest BCUT2D eigenvalue weighted by Crippen LogP contribution is -2.71. The number of halogens is 8. The summed E-state index contributed by atoms with van der Waals surface area (Å²) in [6.07, 6.45) is -15.5. The Morgan fingerprint density at radius 3 is 1.82 bits per heavy atom. The van der Waals surface area contributed by atoms with E-state index in [9.17, 15) is 50.3 Å². The van der Waals surface area contributed by atoms with Crippen LogP contribution in [0.2, 0.25) is 0 Å². The van der Waals surface area contributed by atoms with Crippen molar-refractivity contribution in [2.75, 3.05) is 95.8 Å². The Hall–Kier alpha value is -7.26. The summed E-state index contributed by atoms with van der Waals surface area (Å²) in [5, 5.41) is 8.41. The highest BCUT2D eigenvalue weighted by Crippen LogP contribution is 2.50. The maximum absolute atomic E-state index is 15.7. The van der Waals surface area contributed by atoms with E-state index in [0.717, 1.165) is 24.5 Å². The van der Waals surface area contributed by atoms with Crippen molar-refractivity contribution in [3.63, 3.8) is 0 Å². The average molecular weight is 1590 g/mol. The van der Waals surface area contributed by atoms with E-state index in [2.05, 4.69) is 16.0 Å². The molecule has 4 saturated carbocycles. The summed E-state index contributed by atoms with van der Waals surface area (Å²) in [7, 11) is 10.6. The van der Waals surface area contributed by atoms with Crippen molar-refractivity contribution < 1.29 is 102 Å². The molecule has 12 amide bonds. The zero-order chi connectivity index (χ0) is 83.1. The number of carbonyl (C=O) groups excluding carboxylic acids is 12. The molecule has 34 heteroatoms. The van der Waals surface area contributed by atoms with Crippen LogP contribution in [0.25, 0.3) is 0 Å². The average Bonchev–Trinajstić information content (AvgIpc) is 0.933. The number of amides is 12. The molecule has 2 saturated heterocycles. The Morgan fingerprint density at radius 2 is 1.28 bits per heavy atom. The van der Waals surface area contributed by atoms with Crippen LogP contribution in [0.3, 0.4) is 0 Å². The van der Waals surface area contributed by atoms with Crippen LogP contribution in [0.15, 0.2) is 12.2 Å². The van der Waals surface area contributed by atoms with E-state index in [4.69, 9.17) is 9.47 Å². The van der Waals surface area contributed by atoms with Gasteiger partial charge in [-0.2, -0.15) is 26.3 Å². The summed E-state index contributed by atoms with van der Waals surface area (Å²) in [5.41, 5.74) is -3.17. The number of likely N-dealkylation sites (N-methyl/N-ethyl adjacent to an activating group) is 6. The second kappa shape index (κ2) is 37.3. The van der Waals surface area contributed by atoms with Crippen LogP contribution < -0.4 is 16.0 Å². The molecule has 0 aromatic heterocycles. The third-order valence-electron chi connectivity index (χ3n) is 23.8. The maximum Gasteiger partial charge on any atom is 0.397 e. The molecule has 3 heterocycles. The lowest BCUT2D eigenvalue weighted by molar-refractivity contribution is -0.219. The van der Waals surface area contributed by atoms with Crippen LogP contribution >= 0.6 is 0 Å². The molecule has 7 aliphatic rings. The fourth-order valence-corrected chi connectivity index (χ4v) is 17.2. The number of rotatable bonds is 14. The van der Waals surface area contributed by atoms with Gasteiger partial charge in [0.2, 0.25) is 70.9 Å². The number of fused-ring (bicyclic) bond motifs is 3. The van der Waals surface area contributed by atoms with E-state index in [-0.39, 0.29) is 96.7 Å². The Morgan fingerprint density at radius 1 is 0.658 bits per heavy atom. The van der Waals surface area contributed by atoms with E-state index < -0.39 is 247 Å². The molecule has 2 bridgehead atoms. The number of alkyl halides is 8. The third kappa shape index (κ3) is 22.6. The summed E-state index contributed by atoms with van der Waals surface area (Å²) in [6.45, 7) is 11.9. The number of hydrogen-bond acceptors (Lipinski definition) is 14. The van der Waals surface area contributed by atoms with Crippen LogP contribution in [-0.2, 0) is 67.0 Å². The lowest BCUT2D eigenvalue weighted by atomic mass is 9.58. The van der Waals surface area contributed by atoms with Gasteiger partial charge in [-0.25, -0.2) is 8.78 Å². The van der Waals surface area contributed by atoms with E-state index >= 15 is 42.3 Å². The lowest BCUT2D eigenvalue weighted by Gasteiger charge is -2.54. The van der Waals surface area contributed by atoms with Crippen LogP contribution in [-0.4, -0.2) is 302 Å². The fraction of sp³-hybridized carbons (Fsp3) is 0.818. The molecule has 7 rings (SSSR count). The molecule has 26 nitrogen and oxygen atoms in total. The quantitative estimate of drug-likeness (QED) is 0.126. The molecule has 6 fully saturated rings. The molecule has 0 aromatic rings. The van der Waals surface area contributed by atoms with E-state index in [1.807, 2.05) is 34.6 Å². The van der Waals surface area contributed by atoms with Crippen LogP contribution in [0.1, 0.15) is 177 Å². The first kappa shape index (κ1) is 90.9. The molecular weight excluding hydrogens is 1470 g/mol. The van der Waals surface area contributed by atoms with Gasteiger partial charge in [0.05, 0.1) is 31.6 Å². The van der Waals surface area contributed by atoms with E-state index in [1.165, 1.54) is 76.0 Å². The Labute approximate surface area is 647 Å². The molecule has 0 radical (unpaired) electrons. The van der Waals surface area contributed by atoms with Gasteiger partial charge in [0.1, 0.15) is 78.7 Å². The number of carbonyl (C=O) groups is 12. The Kier molecular flexibility index (Phi) is 30.6. The topological polar surface area (TPSA) is 289 Å². The second-order valence-electron chi connectivity index (χ2n) is 34.4. The van der Waals surface area contributed by atoms with Gasteiger partial charge in [0, 0.05) is 88.6 Å². The maximum atomic E-state index is 15.7. The second-order valence-corrected chi connectivity index (χ2v) is 34.4. The number of nitrogens with one attached hydrogen (secondary N) is 3. The highest BCUT2D eigenvalue weighted by molar-refractivity contribution is 6.01. The number of ether oxygens (including phenoxy) is 2. The van der Waals surface area contributed by atoms with E-state index in [1.54, 1.807) is 32.9 Å². The van der Waals surface area contributed by atoms with Crippen LogP contribution in [0, 0.1) is 40.4 Å². The Balaban J connectivity index is 1.35. The normalized spacial score (nSPS) is 31.8. The van der Waals surface area contributed by atoms with Crippen molar-refractivity contribution in [3.8, 4) is 0 Å². The van der Waals surface area contributed by atoms with Gasteiger partial charge >= 0.3 is 12.4 Å². The van der Waals surface area contributed by atoms with Crippen molar-refractivity contribution in [2.45, 2.75) is 268 Å². The van der Waals surface area contributed by atoms with Crippen LogP contribution in [0.5, 0.6) is 0 Å². The van der Waals surface area contributed by atoms with Crippen molar-refractivity contribution >= 4 is 70.9 Å². The molecule has 3 aliphatic heterocycles. The van der Waals surface area contributed by atoms with Gasteiger partial charge in [-0.1, -0.05) is 67.0 Å².